The summed E-state index contributed by atoms with van der Waals surface area (Å²) >= 11 is 0. The molecule has 0 radical (unpaired) electrons. The molecule has 3 heteroatoms. The van der Waals surface area contributed by atoms with Crippen molar-refractivity contribution < 1.29 is 0 Å². The Kier molecular flexibility index (Phi) is 2.83. The van der Waals surface area contributed by atoms with Gasteiger partial charge in [-0.15, -0.1) is 0 Å². The molecular formula is C8H13N3. The molecule has 0 aliphatic carbocycles. The van der Waals surface area contributed by atoms with E-state index in [0.29, 0.717) is 0 Å². The molecule has 1 aromatic rings. The minimum Gasteiger partial charge on any atom is -0.333 e. The van der Waals surface area contributed by atoms with Gasteiger partial charge in [0, 0.05) is 26.0 Å². The summed E-state index contributed by atoms with van der Waals surface area (Å²) in [6.45, 7) is 2.99. The lowest BCUT2D eigenvalue weighted by Gasteiger charge is -1.91. The first-order chi connectivity index (χ1) is 5.34. The Bertz CT molecular complexity index is 237. The Morgan fingerprint density at radius 1 is 1.73 bits per heavy atom. The molecule has 3 nitrogen and oxygen atoms in total. The van der Waals surface area contributed by atoms with Crippen LogP contribution in [0.5, 0.6) is 0 Å². The van der Waals surface area contributed by atoms with Crippen LogP contribution in [0.15, 0.2) is 17.4 Å². The molecule has 0 aliphatic heterocycles. The topological polar surface area (TPSA) is 30.2 Å². The lowest BCUT2D eigenvalue weighted by atomic mass is 10.5. The fourth-order valence-electron chi connectivity index (χ4n) is 0.777. The number of imidazole rings is 1. The van der Waals surface area contributed by atoms with Crippen molar-refractivity contribution >= 4 is 6.21 Å². The number of rotatable bonds is 3. The highest BCUT2D eigenvalue weighted by atomic mass is 15.0. The van der Waals surface area contributed by atoms with Crippen LogP contribution < -0.4 is 0 Å². The van der Waals surface area contributed by atoms with Gasteiger partial charge in [-0.2, -0.15) is 0 Å². The van der Waals surface area contributed by atoms with Gasteiger partial charge in [0.2, 0.25) is 0 Å². The minimum atomic E-state index is 0.882. The zero-order valence-electron chi connectivity index (χ0n) is 6.99. The maximum absolute atomic E-state index is 4.18. The smallest absolute Gasteiger partial charge is 0.150 e. The van der Waals surface area contributed by atoms with Gasteiger partial charge >= 0.3 is 0 Å². The van der Waals surface area contributed by atoms with Crippen molar-refractivity contribution in [2.24, 2.45) is 12.0 Å². The zero-order valence-corrected chi connectivity index (χ0v) is 6.99. The molecule has 0 saturated heterocycles. The molecule has 1 aromatic heterocycles. The first kappa shape index (κ1) is 7.98. The van der Waals surface area contributed by atoms with Gasteiger partial charge in [0.15, 0.2) is 0 Å². The fourth-order valence-corrected chi connectivity index (χ4v) is 0.777. The monoisotopic (exact) mass is 151 g/mol. The molecule has 0 aliphatic rings. The molecule has 0 N–H and O–H groups in total. The number of hydrogen-bond donors (Lipinski definition) is 0. The van der Waals surface area contributed by atoms with Crippen LogP contribution in [0.3, 0.4) is 0 Å². The van der Waals surface area contributed by atoms with Crippen LogP contribution in [0.4, 0.5) is 0 Å². The standard InChI is InChI=1S/C8H13N3/c1-3-4-9-7-8-10-5-6-11(8)2/h5-7H,3-4H2,1-2H3. The molecule has 60 valence electrons. The van der Waals surface area contributed by atoms with Crippen LogP contribution >= 0.6 is 0 Å². The van der Waals surface area contributed by atoms with Crippen LogP contribution in [0.25, 0.3) is 0 Å². The van der Waals surface area contributed by atoms with Gasteiger partial charge in [-0.05, 0) is 6.42 Å². The highest BCUT2D eigenvalue weighted by Crippen LogP contribution is 1.89. The second-order valence-electron chi connectivity index (χ2n) is 2.43. The number of aromatic nitrogens is 2. The van der Waals surface area contributed by atoms with Crippen molar-refractivity contribution in [3.63, 3.8) is 0 Å². The summed E-state index contributed by atoms with van der Waals surface area (Å²) in [6.07, 6.45) is 6.57. The summed E-state index contributed by atoms with van der Waals surface area (Å²) in [6, 6.07) is 0. The summed E-state index contributed by atoms with van der Waals surface area (Å²) in [5.41, 5.74) is 0. The Morgan fingerprint density at radius 3 is 3.09 bits per heavy atom. The fraction of sp³-hybridized carbons (Fsp3) is 0.500. The van der Waals surface area contributed by atoms with Gasteiger partial charge in [0.1, 0.15) is 5.82 Å². The molecule has 0 unspecified atom stereocenters. The quantitative estimate of drug-likeness (QED) is 0.598. The largest absolute Gasteiger partial charge is 0.333 e. The third-order valence-corrected chi connectivity index (χ3v) is 1.42. The Hall–Kier alpha value is -1.12. The third kappa shape index (κ3) is 2.18. The second-order valence-corrected chi connectivity index (χ2v) is 2.43. The number of aryl methyl sites for hydroxylation is 1. The highest BCUT2D eigenvalue weighted by Gasteiger charge is 1.90. The van der Waals surface area contributed by atoms with Crippen LogP contribution in [0.2, 0.25) is 0 Å². The SMILES string of the molecule is CCCN=Cc1nccn1C. The van der Waals surface area contributed by atoms with Gasteiger partial charge in [-0.1, -0.05) is 6.92 Å². The first-order valence-electron chi connectivity index (χ1n) is 3.81. The van der Waals surface area contributed by atoms with E-state index in [2.05, 4.69) is 16.9 Å². The molecule has 11 heavy (non-hydrogen) atoms. The van der Waals surface area contributed by atoms with Crippen molar-refractivity contribution in [2.75, 3.05) is 6.54 Å². The van der Waals surface area contributed by atoms with Gasteiger partial charge in [0.05, 0.1) is 6.21 Å². The van der Waals surface area contributed by atoms with Gasteiger partial charge < -0.3 is 4.57 Å². The van der Waals surface area contributed by atoms with Gasteiger partial charge in [-0.25, -0.2) is 4.98 Å². The molecular weight excluding hydrogens is 138 g/mol. The summed E-state index contributed by atoms with van der Waals surface area (Å²) in [5.74, 6) is 0.915. The van der Waals surface area contributed by atoms with E-state index in [0.717, 1.165) is 18.8 Å². The number of nitrogens with zero attached hydrogens (tertiary/aromatic N) is 3. The molecule has 1 rings (SSSR count). The minimum absolute atomic E-state index is 0.882. The summed E-state index contributed by atoms with van der Waals surface area (Å²) < 4.78 is 1.94. The van der Waals surface area contributed by atoms with E-state index in [1.807, 2.05) is 24.0 Å². The molecule has 0 spiro atoms. The number of hydrogen-bond acceptors (Lipinski definition) is 2. The van der Waals surface area contributed by atoms with Crippen molar-refractivity contribution in [1.29, 1.82) is 0 Å². The normalized spacial score (nSPS) is 11.1. The maximum atomic E-state index is 4.18. The van der Waals surface area contributed by atoms with Crippen molar-refractivity contribution in [3.05, 3.63) is 18.2 Å². The molecule has 0 fully saturated rings. The van der Waals surface area contributed by atoms with Crippen LogP contribution in [-0.2, 0) is 7.05 Å². The lowest BCUT2D eigenvalue weighted by Crippen LogP contribution is -1.95. The van der Waals surface area contributed by atoms with E-state index in [1.165, 1.54) is 0 Å². The molecule has 0 atom stereocenters. The molecule has 0 saturated carbocycles. The van der Waals surface area contributed by atoms with E-state index < -0.39 is 0 Å². The average molecular weight is 151 g/mol. The molecule has 0 aromatic carbocycles. The molecule has 1 heterocycles. The Morgan fingerprint density at radius 2 is 2.55 bits per heavy atom. The molecule has 0 amide bonds. The van der Waals surface area contributed by atoms with Crippen molar-refractivity contribution in [2.45, 2.75) is 13.3 Å². The summed E-state index contributed by atoms with van der Waals surface area (Å²) in [7, 11) is 1.96. The van der Waals surface area contributed by atoms with Gasteiger partial charge in [-0.3, -0.25) is 4.99 Å². The molecule has 0 bridgehead atoms. The van der Waals surface area contributed by atoms with Crippen LogP contribution in [0, 0.1) is 0 Å². The first-order valence-corrected chi connectivity index (χ1v) is 3.81. The van der Waals surface area contributed by atoms with E-state index in [9.17, 15) is 0 Å². The highest BCUT2D eigenvalue weighted by molar-refractivity contribution is 5.74. The predicted octanol–water partition coefficient (Wildman–Crippen LogP) is 1.25. The van der Waals surface area contributed by atoms with E-state index in [4.69, 9.17) is 0 Å². The Balaban J connectivity index is 2.56. The average Bonchev–Trinajstić information content (AvgIpc) is 2.37. The summed E-state index contributed by atoms with van der Waals surface area (Å²) in [4.78, 5) is 8.29. The lowest BCUT2D eigenvalue weighted by molar-refractivity contribution is 0.892. The van der Waals surface area contributed by atoms with Crippen molar-refractivity contribution in [3.8, 4) is 0 Å². The van der Waals surface area contributed by atoms with E-state index >= 15 is 0 Å². The predicted molar refractivity (Wildman–Crippen MR) is 46.0 cm³/mol. The van der Waals surface area contributed by atoms with E-state index in [-0.39, 0.29) is 0 Å². The maximum Gasteiger partial charge on any atom is 0.150 e. The third-order valence-electron chi connectivity index (χ3n) is 1.42. The number of aliphatic imine (C=N–C) groups is 1. The zero-order chi connectivity index (χ0) is 8.10. The van der Waals surface area contributed by atoms with Crippen LogP contribution in [-0.4, -0.2) is 22.3 Å². The van der Waals surface area contributed by atoms with Crippen LogP contribution in [0.1, 0.15) is 19.2 Å². The summed E-state index contributed by atoms with van der Waals surface area (Å²) in [5, 5.41) is 0. The second kappa shape index (κ2) is 3.91. The Labute approximate surface area is 66.8 Å². The van der Waals surface area contributed by atoms with Crippen molar-refractivity contribution in [1.82, 2.24) is 9.55 Å². The van der Waals surface area contributed by atoms with Gasteiger partial charge in [0.25, 0.3) is 0 Å². The van der Waals surface area contributed by atoms with E-state index in [1.54, 1.807) is 6.20 Å².